The number of carbonyl (C=O) groups is 17. The van der Waals surface area contributed by atoms with E-state index in [1.54, 1.807) is 12.1 Å². The average Bonchev–Trinajstić information content (AvgIpc) is 0.748. The summed E-state index contributed by atoms with van der Waals surface area (Å²) in [6.07, 6.45) is -4.06. The van der Waals surface area contributed by atoms with E-state index in [1.165, 1.54) is 31.7 Å². The van der Waals surface area contributed by atoms with Gasteiger partial charge in [-0.25, -0.2) is 24.0 Å². The molecule has 9 amide bonds. The summed E-state index contributed by atoms with van der Waals surface area (Å²) < 4.78 is 13.3. The van der Waals surface area contributed by atoms with Crippen LogP contribution < -0.4 is 47.9 Å². The molecule has 106 heavy (non-hydrogen) atoms. The monoisotopic (exact) mass is 1530 g/mol. The number of unbranched alkanes of at least 4 members (excludes halogenated alkanes) is 1. The van der Waals surface area contributed by atoms with Crippen molar-refractivity contribution in [3.63, 3.8) is 0 Å². The first kappa shape index (κ1) is 92.1. The van der Waals surface area contributed by atoms with E-state index in [4.69, 9.17) is 5.11 Å². The van der Waals surface area contributed by atoms with Gasteiger partial charge in [-0.3, -0.25) is 81.3 Å². The van der Waals surface area contributed by atoms with Crippen LogP contribution in [0, 0.1) is 0 Å². The van der Waals surface area contributed by atoms with Crippen LogP contribution in [0.2, 0.25) is 0 Å². The van der Waals surface area contributed by atoms with Crippen molar-refractivity contribution in [3.05, 3.63) is 29.8 Å². The van der Waals surface area contributed by atoms with Crippen molar-refractivity contribution in [3.8, 4) is 0 Å². The summed E-state index contributed by atoms with van der Waals surface area (Å²) >= 11 is 0. The Labute approximate surface area is 611 Å². The second kappa shape index (κ2) is 45.4. The molecule has 1 heterocycles. The molecule has 1 aromatic carbocycles. The van der Waals surface area contributed by atoms with E-state index in [0.717, 1.165) is 0 Å². The fourth-order valence-electron chi connectivity index (χ4n) is 11.4. The highest BCUT2D eigenvalue weighted by atomic mass is 32.2. The maximum absolute atomic E-state index is 14.6. The minimum atomic E-state index is -3.15. The molecule has 2 rings (SSSR count). The number of carbonyl (C=O) groups excluding carboxylic acids is 8. The van der Waals surface area contributed by atoms with Gasteiger partial charge < -0.3 is 93.8 Å². The molecule has 0 aliphatic carbocycles. The van der Waals surface area contributed by atoms with Crippen LogP contribution in [-0.4, -0.2) is 315 Å². The number of thiol groups is 1. The molecule has 18 N–H and O–H groups in total. The van der Waals surface area contributed by atoms with Gasteiger partial charge >= 0.3 is 59.8 Å². The standard InChI is InChI=1S/C65H103N13O27S/c1-64(2,3)106(105,65(4,5)6)40-14-12-39(13-15-40)56(92)68-34-45(72-50(82)20-18-46(62(102)103)78-32-30-76(37-54(88)89)28-26-75(36-53(86)87)27-29-77(31-33-78)38-55(90)91)57(93)69-35-51(83)71-41(58(94)95)10-7-8-24-66-47(79)21-22-48(80)67-25-9-11-42(59(96)97)70-49(81)19-16-43(60(98)99)73-63(104)74-44(61(100)101)17-23-52(84)85/h12-15,41-46,106H,7-11,16-38H2,1-6H3,(H,66,79)(H,67,80)(H,68,92)(H,69,93)(H,70,81)(H,71,83)(H,72,82)(H,84,85)(H,86,87)(H,88,89)(H,90,91)(H,94,95)(H,96,97)(H,98,99)(H,100,101)(H,102,103)(H2,73,74,104)/t41-,42+,43-,44-,45+,46-/m0/s1. The summed E-state index contributed by atoms with van der Waals surface area (Å²) in [4.78, 5) is 217. The van der Waals surface area contributed by atoms with E-state index in [9.17, 15) is 127 Å². The fourth-order valence-corrected chi connectivity index (χ4v) is 15.5. The van der Waals surface area contributed by atoms with Crippen LogP contribution in [0.25, 0.3) is 0 Å². The summed E-state index contributed by atoms with van der Waals surface area (Å²) in [6.45, 7) is 7.93. The summed E-state index contributed by atoms with van der Waals surface area (Å²) in [5.74, 6) is -18.4. The number of rotatable bonds is 45. The predicted octanol–water partition coefficient (Wildman–Crippen LogP) is -3.35. The van der Waals surface area contributed by atoms with Crippen LogP contribution in [0.3, 0.4) is 0 Å². The number of carboxylic acids is 9. The van der Waals surface area contributed by atoms with Crippen molar-refractivity contribution >= 4 is 111 Å². The number of aliphatic carboxylic acids is 9. The van der Waals surface area contributed by atoms with Gasteiger partial charge in [-0.15, -0.1) is 0 Å². The largest absolute Gasteiger partial charge is 0.481 e. The fraction of sp³-hybridized carbons (Fsp3) is 0.646. The van der Waals surface area contributed by atoms with Crippen LogP contribution in [0.15, 0.2) is 29.2 Å². The van der Waals surface area contributed by atoms with E-state index in [-0.39, 0.29) is 116 Å². The first-order valence-electron chi connectivity index (χ1n) is 34.1. The first-order valence-corrected chi connectivity index (χ1v) is 35.8. The molecular weight excluding hydrogens is 1430 g/mol. The van der Waals surface area contributed by atoms with E-state index in [2.05, 4.69) is 37.2 Å². The number of amides is 9. The highest BCUT2D eigenvalue weighted by Gasteiger charge is 2.42. The lowest BCUT2D eigenvalue weighted by atomic mass is 10.1. The van der Waals surface area contributed by atoms with Gasteiger partial charge in [0.15, 0.2) is 0 Å². The molecule has 0 radical (unpaired) electrons. The smallest absolute Gasteiger partial charge is 0.326 e. The quantitative estimate of drug-likeness (QED) is 0.0224. The van der Waals surface area contributed by atoms with Crippen molar-refractivity contribution in [2.45, 2.75) is 176 Å². The third kappa shape index (κ3) is 34.7. The van der Waals surface area contributed by atoms with Gasteiger partial charge in [0.05, 0.1) is 26.2 Å². The van der Waals surface area contributed by atoms with Crippen molar-refractivity contribution in [1.29, 1.82) is 0 Å². The third-order valence-electron chi connectivity index (χ3n) is 16.8. The molecule has 1 aliphatic heterocycles. The summed E-state index contributed by atoms with van der Waals surface area (Å²) in [5.41, 5.74) is 0.0612. The van der Waals surface area contributed by atoms with E-state index in [1.807, 2.05) is 52.2 Å². The van der Waals surface area contributed by atoms with Gasteiger partial charge in [-0.05, 0) is 75.6 Å². The lowest BCUT2D eigenvalue weighted by Gasteiger charge is -2.46. The van der Waals surface area contributed by atoms with Crippen molar-refractivity contribution < 1.29 is 132 Å². The second-order valence-electron chi connectivity index (χ2n) is 27.1. The zero-order valence-corrected chi connectivity index (χ0v) is 61.1. The third-order valence-corrected chi connectivity index (χ3v) is 21.6. The molecule has 596 valence electrons. The van der Waals surface area contributed by atoms with Gasteiger partial charge in [0.1, 0.15) is 36.3 Å². The molecule has 6 atom stereocenters. The summed E-state index contributed by atoms with van der Waals surface area (Å²) in [7, 11) is -3.15. The maximum atomic E-state index is 14.6. The Hall–Kier alpha value is -10.0. The van der Waals surface area contributed by atoms with Crippen molar-refractivity contribution in [2.75, 3.05) is 98.2 Å². The zero-order chi connectivity index (χ0) is 80.2. The summed E-state index contributed by atoms with van der Waals surface area (Å²) in [6, 6.07) is -4.89. The van der Waals surface area contributed by atoms with Crippen LogP contribution in [-0.2, 0) is 81.9 Å². The molecule has 0 bridgehead atoms. The lowest BCUT2D eigenvalue weighted by molar-refractivity contribution is -0.145. The topological polar surface area (TPSA) is 611 Å². The maximum Gasteiger partial charge on any atom is 0.326 e. The molecule has 0 spiro atoms. The highest BCUT2D eigenvalue weighted by molar-refractivity contribution is 8.05. The van der Waals surface area contributed by atoms with E-state index in [0.29, 0.717) is 4.90 Å². The van der Waals surface area contributed by atoms with E-state index >= 15 is 0 Å². The van der Waals surface area contributed by atoms with E-state index < -0.39 is 228 Å². The van der Waals surface area contributed by atoms with Gasteiger partial charge in [-0.2, -0.15) is 0 Å². The molecule has 41 heteroatoms. The van der Waals surface area contributed by atoms with Gasteiger partial charge in [-0.1, -0.05) is 51.5 Å². The molecule has 1 saturated heterocycles. The molecule has 40 nitrogen and oxygen atoms in total. The molecular formula is C65H103N13O27S. The lowest BCUT2D eigenvalue weighted by Crippen LogP contribution is -2.55. The Morgan fingerprint density at radius 1 is 0.396 bits per heavy atom. The molecule has 1 aliphatic rings. The number of urea groups is 1. The van der Waals surface area contributed by atoms with Crippen LogP contribution in [0.1, 0.15) is 135 Å². The Kier molecular flexibility index (Phi) is 39.4. The molecule has 0 saturated carbocycles. The zero-order valence-electron chi connectivity index (χ0n) is 60.2. The van der Waals surface area contributed by atoms with Crippen LogP contribution in [0.4, 0.5) is 4.79 Å². The number of carboxylic acid groups (broad SMARTS) is 9. The van der Waals surface area contributed by atoms with Crippen LogP contribution >= 0.6 is 0 Å². The molecule has 1 aromatic rings. The second-order valence-corrected chi connectivity index (χ2v) is 31.5. The number of hydrogen-bond donors (Lipinski definition) is 19. The number of nitrogens with one attached hydrogen (secondary N) is 9. The normalized spacial score (nSPS) is 15.6. The Bertz CT molecular complexity index is 3260. The van der Waals surface area contributed by atoms with Gasteiger partial charge in [0, 0.05) is 124 Å². The van der Waals surface area contributed by atoms with Gasteiger partial charge in [0.2, 0.25) is 35.4 Å². The first-order chi connectivity index (χ1) is 49.4. The molecule has 0 aromatic heterocycles. The van der Waals surface area contributed by atoms with Crippen molar-refractivity contribution in [2.24, 2.45) is 0 Å². The highest BCUT2D eigenvalue weighted by Crippen LogP contribution is 2.42. The Balaban J connectivity index is 2.09. The van der Waals surface area contributed by atoms with Gasteiger partial charge in [0.25, 0.3) is 5.91 Å². The minimum Gasteiger partial charge on any atom is -0.481 e. The average molecular weight is 1530 g/mol. The molecule has 1 fully saturated rings. The number of hydrogen-bond acceptors (Lipinski definition) is 22. The predicted molar refractivity (Wildman–Crippen MR) is 374 cm³/mol. The van der Waals surface area contributed by atoms with Crippen molar-refractivity contribution in [1.82, 2.24) is 67.5 Å². The van der Waals surface area contributed by atoms with Crippen LogP contribution in [0.5, 0.6) is 0 Å². The number of benzene rings is 1. The Morgan fingerprint density at radius 2 is 0.783 bits per heavy atom. The SMILES string of the molecule is CC(C)(C)[SH](=O)(c1ccc(C(=O)NC[C@@H](NC(=O)CC[C@@H](C(=O)O)N2CCN(CC(=O)O)CCN(CC(=O)O)CCN(CC(=O)O)CC2)C(=O)NCC(=O)N[C@@H](CCCCNC(=O)CCC(=O)NCCC[C@@H](NC(=O)CC[C@H](NC(=O)N[C@@H](CCC(=O)O)C(=O)O)C(=O)O)C(=O)O)C(=O)O)cc1)C(C)(C)C. The number of nitrogens with zero attached hydrogens (tertiary/aromatic N) is 4. The summed E-state index contributed by atoms with van der Waals surface area (Å²) in [5, 5.41) is 107. The molecule has 0 unspecified atom stereocenters. The minimum absolute atomic E-state index is 0.00395. The Morgan fingerprint density at radius 3 is 1.20 bits per heavy atom.